The lowest BCUT2D eigenvalue weighted by Gasteiger charge is -2.20. The molecule has 0 saturated carbocycles. The molecule has 0 aliphatic rings. The third-order valence-electron chi connectivity index (χ3n) is 5.43. The number of hydrogen-bond acceptors (Lipinski definition) is 5. The molecule has 6 heteroatoms. The molecule has 0 unspecified atom stereocenters. The van der Waals surface area contributed by atoms with Crippen LogP contribution in [0.25, 0.3) is 11.1 Å². The smallest absolute Gasteiger partial charge is 0.310 e. The molecule has 1 amide bonds. The molecule has 0 aliphatic heterocycles. The van der Waals surface area contributed by atoms with Gasteiger partial charge in [-0.1, -0.05) is 72.3 Å². The fourth-order valence-electron chi connectivity index (χ4n) is 3.75. The summed E-state index contributed by atoms with van der Waals surface area (Å²) in [7, 11) is 0. The molecule has 0 spiro atoms. The van der Waals surface area contributed by atoms with Crippen LogP contribution in [0.3, 0.4) is 0 Å². The molecule has 0 radical (unpaired) electrons. The van der Waals surface area contributed by atoms with Gasteiger partial charge in [0.15, 0.2) is 5.13 Å². The van der Waals surface area contributed by atoms with Crippen molar-refractivity contribution >= 4 is 34.0 Å². The minimum atomic E-state index is -0.320. The predicted octanol–water partition coefficient (Wildman–Crippen LogP) is 6.40. The maximum atomic E-state index is 12.4. The number of benzene rings is 3. The molecule has 5 nitrogen and oxygen atoms in total. The molecule has 4 aromatic rings. The van der Waals surface area contributed by atoms with E-state index in [2.05, 4.69) is 17.1 Å². The van der Waals surface area contributed by atoms with Crippen LogP contribution in [0.4, 0.5) is 10.8 Å². The summed E-state index contributed by atoms with van der Waals surface area (Å²) >= 11 is 1.35. The highest BCUT2D eigenvalue weighted by Crippen LogP contribution is 2.32. The number of aromatic nitrogens is 1. The standard InChI is InChI=1S/C28H26N2O3S/c1-19-9-14-26(20(2)15-19)30(21(3)31)28-29-25(18-34-28)17-33-27(32)16-22-10-12-24(13-11-22)23-7-5-4-6-8-23/h4-15,18H,16-17H2,1-3H3. The summed E-state index contributed by atoms with van der Waals surface area (Å²) in [4.78, 5) is 30.9. The van der Waals surface area contributed by atoms with Gasteiger partial charge in [0.25, 0.3) is 0 Å². The Morgan fingerprint density at radius 3 is 2.32 bits per heavy atom. The second-order valence-electron chi connectivity index (χ2n) is 8.17. The number of carbonyl (C=O) groups excluding carboxylic acids is 2. The number of hydrogen-bond donors (Lipinski definition) is 0. The van der Waals surface area contributed by atoms with Gasteiger partial charge in [0, 0.05) is 12.3 Å². The lowest BCUT2D eigenvalue weighted by molar-refractivity contribution is -0.144. The number of ether oxygens (including phenoxy) is 1. The molecule has 4 rings (SSSR count). The van der Waals surface area contributed by atoms with Crippen molar-refractivity contribution in [3.05, 3.63) is 101 Å². The van der Waals surface area contributed by atoms with E-state index in [1.165, 1.54) is 18.3 Å². The van der Waals surface area contributed by atoms with Crippen LogP contribution in [-0.4, -0.2) is 16.9 Å². The Morgan fingerprint density at radius 1 is 0.941 bits per heavy atom. The molecule has 0 N–H and O–H groups in total. The maximum absolute atomic E-state index is 12.4. The number of amides is 1. The minimum Gasteiger partial charge on any atom is -0.459 e. The molecule has 0 atom stereocenters. The van der Waals surface area contributed by atoms with Crippen LogP contribution in [0.5, 0.6) is 0 Å². The van der Waals surface area contributed by atoms with Crippen LogP contribution in [0.2, 0.25) is 0 Å². The number of nitrogens with zero attached hydrogens (tertiary/aromatic N) is 2. The summed E-state index contributed by atoms with van der Waals surface area (Å²) in [6.45, 7) is 5.57. The Morgan fingerprint density at radius 2 is 1.65 bits per heavy atom. The number of esters is 1. The van der Waals surface area contributed by atoms with Crippen LogP contribution in [-0.2, 0) is 27.4 Å². The van der Waals surface area contributed by atoms with Crippen molar-refractivity contribution in [2.75, 3.05) is 4.90 Å². The summed E-state index contributed by atoms with van der Waals surface area (Å²) < 4.78 is 5.45. The van der Waals surface area contributed by atoms with Crippen molar-refractivity contribution in [2.24, 2.45) is 0 Å². The average molecular weight is 471 g/mol. The van der Waals surface area contributed by atoms with E-state index in [1.807, 2.05) is 79.9 Å². The zero-order valence-electron chi connectivity index (χ0n) is 19.4. The molecule has 0 saturated heterocycles. The number of anilines is 2. The zero-order valence-corrected chi connectivity index (χ0v) is 20.3. The zero-order chi connectivity index (χ0) is 24.1. The molecule has 34 heavy (non-hydrogen) atoms. The van der Waals surface area contributed by atoms with E-state index in [0.29, 0.717) is 10.8 Å². The molecular formula is C28H26N2O3S. The van der Waals surface area contributed by atoms with Crippen molar-refractivity contribution in [3.8, 4) is 11.1 Å². The first-order valence-corrected chi connectivity index (χ1v) is 11.9. The Hall–Kier alpha value is -3.77. The SMILES string of the molecule is CC(=O)N(c1nc(COC(=O)Cc2ccc(-c3ccccc3)cc2)cs1)c1ccc(C)cc1C. The van der Waals surface area contributed by atoms with Crippen molar-refractivity contribution in [1.29, 1.82) is 0 Å². The van der Waals surface area contributed by atoms with Crippen molar-refractivity contribution < 1.29 is 14.3 Å². The molecule has 3 aromatic carbocycles. The topological polar surface area (TPSA) is 59.5 Å². The lowest BCUT2D eigenvalue weighted by atomic mass is 10.0. The summed E-state index contributed by atoms with van der Waals surface area (Å²) in [5.41, 5.74) is 6.67. The monoisotopic (exact) mass is 470 g/mol. The molecule has 1 heterocycles. The van der Waals surface area contributed by atoms with Crippen LogP contribution in [0, 0.1) is 13.8 Å². The van der Waals surface area contributed by atoms with Crippen molar-refractivity contribution in [3.63, 3.8) is 0 Å². The average Bonchev–Trinajstić information content (AvgIpc) is 3.29. The van der Waals surface area contributed by atoms with E-state index in [9.17, 15) is 9.59 Å². The first kappa shape index (κ1) is 23.4. The summed E-state index contributed by atoms with van der Waals surface area (Å²) in [6.07, 6.45) is 0.189. The molecule has 1 aromatic heterocycles. The van der Waals surface area contributed by atoms with Gasteiger partial charge in [-0.25, -0.2) is 4.98 Å². The molecule has 172 valence electrons. The van der Waals surface area contributed by atoms with E-state index in [-0.39, 0.29) is 24.9 Å². The third kappa shape index (κ3) is 5.58. The Labute approximate surface area is 203 Å². The summed E-state index contributed by atoms with van der Waals surface area (Å²) in [5, 5.41) is 2.37. The number of thiazole rings is 1. The normalized spacial score (nSPS) is 10.7. The Balaban J connectivity index is 1.37. The third-order valence-corrected chi connectivity index (χ3v) is 6.30. The fraction of sp³-hybridized carbons (Fsp3) is 0.179. The second kappa shape index (κ2) is 10.4. The highest BCUT2D eigenvalue weighted by molar-refractivity contribution is 7.14. The quantitative estimate of drug-likeness (QED) is 0.293. The van der Waals surface area contributed by atoms with Crippen LogP contribution in [0.15, 0.2) is 78.2 Å². The largest absolute Gasteiger partial charge is 0.459 e. The lowest BCUT2D eigenvalue weighted by Crippen LogP contribution is -2.23. The summed E-state index contributed by atoms with van der Waals surface area (Å²) in [5.74, 6) is -0.441. The highest BCUT2D eigenvalue weighted by atomic mass is 32.1. The van der Waals surface area contributed by atoms with Gasteiger partial charge in [-0.3, -0.25) is 14.5 Å². The van der Waals surface area contributed by atoms with Gasteiger partial charge in [-0.15, -0.1) is 11.3 Å². The first-order chi connectivity index (χ1) is 16.4. The predicted molar refractivity (Wildman–Crippen MR) is 136 cm³/mol. The van der Waals surface area contributed by atoms with Gasteiger partial charge >= 0.3 is 5.97 Å². The minimum absolute atomic E-state index is 0.0655. The van der Waals surface area contributed by atoms with Crippen LogP contribution in [0.1, 0.15) is 29.3 Å². The molecule has 0 aliphatic carbocycles. The Kier molecular flexibility index (Phi) is 7.18. The van der Waals surface area contributed by atoms with Gasteiger partial charge in [-0.05, 0) is 42.2 Å². The molecule has 0 fully saturated rings. The van der Waals surface area contributed by atoms with Crippen LogP contribution >= 0.6 is 11.3 Å². The Bertz CT molecular complexity index is 1300. The van der Waals surface area contributed by atoms with Crippen molar-refractivity contribution in [1.82, 2.24) is 4.98 Å². The van der Waals surface area contributed by atoms with E-state index in [4.69, 9.17) is 4.74 Å². The fourth-order valence-corrected chi connectivity index (χ4v) is 4.61. The van der Waals surface area contributed by atoms with E-state index in [0.717, 1.165) is 33.5 Å². The van der Waals surface area contributed by atoms with E-state index < -0.39 is 0 Å². The first-order valence-electron chi connectivity index (χ1n) is 11.0. The van der Waals surface area contributed by atoms with Gasteiger partial charge in [0.1, 0.15) is 6.61 Å². The van der Waals surface area contributed by atoms with E-state index >= 15 is 0 Å². The second-order valence-corrected chi connectivity index (χ2v) is 9.00. The number of carbonyl (C=O) groups is 2. The van der Waals surface area contributed by atoms with Gasteiger partial charge in [0.05, 0.1) is 17.8 Å². The van der Waals surface area contributed by atoms with Crippen molar-refractivity contribution in [2.45, 2.75) is 33.8 Å². The molecule has 0 bridgehead atoms. The van der Waals surface area contributed by atoms with Gasteiger partial charge in [-0.2, -0.15) is 0 Å². The summed E-state index contributed by atoms with van der Waals surface area (Å²) in [6, 6.07) is 23.9. The van der Waals surface area contributed by atoms with E-state index in [1.54, 1.807) is 4.90 Å². The highest BCUT2D eigenvalue weighted by Gasteiger charge is 2.20. The van der Waals surface area contributed by atoms with Crippen LogP contribution < -0.4 is 4.90 Å². The van der Waals surface area contributed by atoms with Gasteiger partial charge in [0.2, 0.25) is 5.91 Å². The molecular weight excluding hydrogens is 444 g/mol. The van der Waals surface area contributed by atoms with Gasteiger partial charge < -0.3 is 4.74 Å². The number of aryl methyl sites for hydroxylation is 2. The maximum Gasteiger partial charge on any atom is 0.310 e. The number of rotatable bonds is 7.